The van der Waals surface area contributed by atoms with E-state index in [2.05, 4.69) is 4.98 Å². The molecule has 1 fully saturated rings. The van der Waals surface area contributed by atoms with Crippen LogP contribution < -0.4 is 9.64 Å². The minimum atomic E-state index is -3.83. The number of carbonyl (C=O) groups excluding carboxylic acids is 1. The Hall–Kier alpha value is -2.53. The number of benzene rings is 2. The average molecular weight is 489 g/mol. The van der Waals surface area contributed by atoms with Crippen molar-refractivity contribution >= 4 is 42.6 Å². The molecular formula is C23H28N4O4S2. The van der Waals surface area contributed by atoms with Crippen LogP contribution in [0.2, 0.25) is 0 Å². The fourth-order valence-electron chi connectivity index (χ4n) is 3.91. The van der Waals surface area contributed by atoms with Gasteiger partial charge in [-0.05, 0) is 63.3 Å². The summed E-state index contributed by atoms with van der Waals surface area (Å²) in [6.07, 6.45) is 1.12. The van der Waals surface area contributed by atoms with Crippen LogP contribution in [0.25, 0.3) is 10.2 Å². The van der Waals surface area contributed by atoms with Gasteiger partial charge in [-0.3, -0.25) is 9.69 Å². The molecule has 0 bridgehead atoms. The molecule has 10 heteroatoms. The van der Waals surface area contributed by atoms with Gasteiger partial charge in [0.05, 0.1) is 22.2 Å². The van der Waals surface area contributed by atoms with Gasteiger partial charge in [0.15, 0.2) is 5.13 Å². The molecule has 0 N–H and O–H groups in total. The number of amides is 1. The minimum Gasteiger partial charge on any atom is -0.497 e. The summed E-state index contributed by atoms with van der Waals surface area (Å²) in [6.45, 7) is 1.38. The first-order chi connectivity index (χ1) is 15.8. The molecule has 1 atom stereocenters. The predicted octanol–water partition coefficient (Wildman–Crippen LogP) is 3.05. The summed E-state index contributed by atoms with van der Waals surface area (Å²) in [4.78, 5) is 22.2. The van der Waals surface area contributed by atoms with Gasteiger partial charge in [-0.2, -0.15) is 4.31 Å². The van der Waals surface area contributed by atoms with Gasteiger partial charge in [0.2, 0.25) is 15.9 Å². The Labute approximate surface area is 198 Å². The molecule has 0 radical (unpaired) electrons. The van der Waals surface area contributed by atoms with Crippen molar-refractivity contribution in [2.75, 3.05) is 45.7 Å². The number of aromatic nitrogens is 1. The van der Waals surface area contributed by atoms with E-state index in [0.717, 1.165) is 10.2 Å². The number of methoxy groups -OCH3 is 1. The van der Waals surface area contributed by atoms with Crippen LogP contribution in [0, 0.1) is 0 Å². The largest absolute Gasteiger partial charge is 0.497 e. The van der Waals surface area contributed by atoms with Crippen molar-refractivity contribution in [1.29, 1.82) is 0 Å². The lowest BCUT2D eigenvalue weighted by Crippen LogP contribution is -2.49. The van der Waals surface area contributed by atoms with Crippen LogP contribution in [0.4, 0.5) is 5.13 Å². The molecule has 8 nitrogen and oxygen atoms in total. The van der Waals surface area contributed by atoms with Crippen molar-refractivity contribution in [2.45, 2.75) is 23.8 Å². The van der Waals surface area contributed by atoms with E-state index in [1.807, 2.05) is 43.3 Å². The Bertz CT molecular complexity index is 1190. The van der Waals surface area contributed by atoms with Crippen molar-refractivity contribution in [1.82, 2.24) is 14.2 Å². The molecule has 0 aliphatic carbocycles. The Balaban J connectivity index is 1.65. The highest BCUT2D eigenvalue weighted by Crippen LogP contribution is 2.32. The molecule has 4 rings (SSSR count). The lowest BCUT2D eigenvalue weighted by Gasteiger charge is -2.29. The van der Waals surface area contributed by atoms with Gasteiger partial charge in [0.25, 0.3) is 0 Å². The number of hydrogen-bond acceptors (Lipinski definition) is 7. The van der Waals surface area contributed by atoms with E-state index in [9.17, 15) is 13.2 Å². The number of sulfonamides is 1. The van der Waals surface area contributed by atoms with Crippen LogP contribution in [0.15, 0.2) is 53.4 Å². The van der Waals surface area contributed by atoms with E-state index >= 15 is 0 Å². The molecule has 1 saturated heterocycles. The number of rotatable bonds is 8. The third-order valence-electron chi connectivity index (χ3n) is 5.71. The molecule has 33 heavy (non-hydrogen) atoms. The van der Waals surface area contributed by atoms with Crippen LogP contribution >= 0.6 is 11.3 Å². The molecule has 0 saturated carbocycles. The summed E-state index contributed by atoms with van der Waals surface area (Å²) in [5.74, 6) is 0.346. The maximum atomic E-state index is 13.8. The standard InChI is InChI=1S/C23H28N4O4S2/c1-25(2)15-16-26(23-24-19-7-4-5-9-21(19)32-23)22(28)20-8-6-14-27(20)33(29,30)18-12-10-17(31-3)11-13-18/h4-5,7,9-13,20H,6,8,14-16H2,1-3H3. The molecule has 1 aliphatic rings. The summed E-state index contributed by atoms with van der Waals surface area (Å²) in [5, 5.41) is 0.594. The van der Waals surface area contributed by atoms with Gasteiger partial charge < -0.3 is 9.64 Å². The van der Waals surface area contributed by atoms with Crippen molar-refractivity contribution < 1.29 is 17.9 Å². The summed E-state index contributed by atoms with van der Waals surface area (Å²) in [5.41, 5.74) is 0.828. The van der Waals surface area contributed by atoms with Crippen molar-refractivity contribution in [3.63, 3.8) is 0 Å². The number of anilines is 1. The van der Waals surface area contributed by atoms with Gasteiger partial charge in [-0.15, -0.1) is 0 Å². The van der Waals surface area contributed by atoms with Gasteiger partial charge in [0.1, 0.15) is 11.8 Å². The first kappa shape index (κ1) is 23.6. The van der Waals surface area contributed by atoms with E-state index in [-0.39, 0.29) is 10.8 Å². The van der Waals surface area contributed by atoms with Gasteiger partial charge in [0, 0.05) is 19.6 Å². The molecule has 0 spiro atoms. The number of para-hydroxylation sites is 1. The number of likely N-dealkylation sites (N-methyl/N-ethyl adjacent to an activating group) is 1. The van der Waals surface area contributed by atoms with E-state index in [4.69, 9.17) is 4.74 Å². The Morgan fingerprint density at radius 1 is 1.15 bits per heavy atom. The van der Waals surface area contributed by atoms with Gasteiger partial charge in [-0.1, -0.05) is 23.5 Å². The number of thiazole rings is 1. The fraction of sp³-hybridized carbons (Fsp3) is 0.391. The van der Waals surface area contributed by atoms with Gasteiger partial charge in [-0.25, -0.2) is 13.4 Å². The first-order valence-electron chi connectivity index (χ1n) is 10.8. The third kappa shape index (κ3) is 4.89. The zero-order valence-electron chi connectivity index (χ0n) is 19.0. The van der Waals surface area contributed by atoms with Crippen molar-refractivity contribution in [3.8, 4) is 5.75 Å². The Morgan fingerprint density at radius 3 is 2.55 bits per heavy atom. The fourth-order valence-corrected chi connectivity index (χ4v) is 6.56. The monoisotopic (exact) mass is 488 g/mol. The zero-order valence-corrected chi connectivity index (χ0v) is 20.6. The maximum absolute atomic E-state index is 13.8. The average Bonchev–Trinajstić information content (AvgIpc) is 3.46. The molecule has 2 aromatic carbocycles. The quantitative estimate of drug-likeness (QED) is 0.485. The maximum Gasteiger partial charge on any atom is 0.247 e. The molecular weight excluding hydrogens is 460 g/mol. The highest BCUT2D eigenvalue weighted by atomic mass is 32.2. The van der Waals surface area contributed by atoms with Crippen LogP contribution in [0.5, 0.6) is 5.75 Å². The zero-order chi connectivity index (χ0) is 23.6. The highest BCUT2D eigenvalue weighted by molar-refractivity contribution is 7.89. The van der Waals surface area contributed by atoms with Crippen molar-refractivity contribution in [2.24, 2.45) is 0 Å². The third-order valence-corrected chi connectivity index (χ3v) is 8.69. The number of carbonyl (C=O) groups is 1. The van der Waals surface area contributed by atoms with E-state index in [1.165, 1.54) is 34.9 Å². The minimum absolute atomic E-state index is 0.155. The molecule has 1 aromatic heterocycles. The summed E-state index contributed by atoms with van der Waals surface area (Å²) in [7, 11) is 1.59. The molecule has 3 aromatic rings. The molecule has 176 valence electrons. The number of ether oxygens (including phenoxy) is 1. The normalized spacial score (nSPS) is 17.0. The first-order valence-corrected chi connectivity index (χ1v) is 13.0. The van der Waals surface area contributed by atoms with Gasteiger partial charge >= 0.3 is 0 Å². The van der Waals surface area contributed by atoms with Crippen molar-refractivity contribution in [3.05, 3.63) is 48.5 Å². The Kier molecular flexibility index (Phi) is 6.99. The van der Waals surface area contributed by atoms with E-state index < -0.39 is 16.1 Å². The second kappa shape index (κ2) is 9.76. The van der Waals surface area contributed by atoms with E-state index in [1.54, 1.807) is 17.0 Å². The predicted molar refractivity (Wildman–Crippen MR) is 130 cm³/mol. The van der Waals surface area contributed by atoms with Crippen LogP contribution in [-0.2, 0) is 14.8 Å². The topological polar surface area (TPSA) is 83.0 Å². The smallest absolute Gasteiger partial charge is 0.247 e. The lowest BCUT2D eigenvalue weighted by atomic mass is 10.2. The molecule has 2 heterocycles. The van der Waals surface area contributed by atoms with Crippen LogP contribution in [0.1, 0.15) is 12.8 Å². The van der Waals surface area contributed by atoms with Crippen LogP contribution in [-0.4, -0.2) is 75.4 Å². The summed E-state index contributed by atoms with van der Waals surface area (Å²) < 4.78 is 34.3. The molecule has 1 amide bonds. The Morgan fingerprint density at radius 2 is 1.88 bits per heavy atom. The summed E-state index contributed by atoms with van der Waals surface area (Å²) >= 11 is 1.45. The summed E-state index contributed by atoms with van der Waals surface area (Å²) in [6, 6.07) is 13.3. The second-order valence-electron chi connectivity index (χ2n) is 8.21. The lowest BCUT2D eigenvalue weighted by molar-refractivity contribution is -0.121. The number of hydrogen-bond donors (Lipinski definition) is 0. The van der Waals surface area contributed by atoms with E-state index in [0.29, 0.717) is 43.4 Å². The van der Waals surface area contributed by atoms with Crippen LogP contribution in [0.3, 0.4) is 0 Å². The second-order valence-corrected chi connectivity index (χ2v) is 11.1. The number of fused-ring (bicyclic) bond motifs is 1. The number of nitrogens with zero attached hydrogens (tertiary/aromatic N) is 4. The highest BCUT2D eigenvalue weighted by Gasteiger charge is 2.42. The molecule has 1 aliphatic heterocycles. The SMILES string of the molecule is COc1ccc(S(=O)(=O)N2CCCC2C(=O)N(CCN(C)C)c2nc3ccccc3s2)cc1. The molecule has 1 unspecified atom stereocenters.